The summed E-state index contributed by atoms with van der Waals surface area (Å²) in [6.45, 7) is 0.829. The van der Waals surface area contributed by atoms with E-state index in [9.17, 15) is 4.79 Å². The van der Waals surface area contributed by atoms with Crippen molar-refractivity contribution in [2.24, 2.45) is 23.7 Å². The van der Waals surface area contributed by atoms with Crippen LogP contribution in [-0.2, 0) is 4.84 Å². The number of fused-ring (bicyclic) bond motifs is 2. The summed E-state index contributed by atoms with van der Waals surface area (Å²) in [6, 6.07) is 8.11. The Bertz CT molecular complexity index is 864. The highest BCUT2D eigenvalue weighted by Crippen LogP contribution is 2.53. The molecule has 6 heteroatoms. The van der Waals surface area contributed by atoms with Gasteiger partial charge in [-0.25, -0.2) is 5.43 Å². The highest BCUT2D eigenvalue weighted by Gasteiger charge is 2.46. The van der Waals surface area contributed by atoms with Crippen molar-refractivity contribution in [2.45, 2.75) is 82.5 Å². The first-order valence-electron chi connectivity index (χ1n) is 13.1. The van der Waals surface area contributed by atoms with Crippen LogP contribution in [0.5, 0.6) is 5.75 Å². The molecule has 5 unspecified atom stereocenters. The smallest absolute Gasteiger partial charge is 0.251 e. The van der Waals surface area contributed by atoms with Crippen LogP contribution < -0.4 is 15.5 Å². The van der Waals surface area contributed by atoms with E-state index in [1.807, 2.05) is 36.5 Å². The number of carbonyl (C=O) groups is 1. The molecule has 178 valence electrons. The van der Waals surface area contributed by atoms with E-state index in [4.69, 9.17) is 9.57 Å². The molecular weight excluding hydrogens is 414 g/mol. The van der Waals surface area contributed by atoms with Gasteiger partial charge in [-0.1, -0.05) is 0 Å². The first-order valence-corrected chi connectivity index (χ1v) is 13.1. The first-order chi connectivity index (χ1) is 16.2. The molecule has 1 aromatic carbocycles. The molecule has 1 aliphatic heterocycles. The first kappa shape index (κ1) is 21.5. The van der Waals surface area contributed by atoms with Gasteiger partial charge in [-0.15, -0.1) is 0 Å². The lowest BCUT2D eigenvalue weighted by atomic mass is 9.80. The van der Waals surface area contributed by atoms with E-state index < -0.39 is 0 Å². The van der Waals surface area contributed by atoms with E-state index >= 15 is 0 Å². The number of hydroxylamine groups is 1. The lowest BCUT2D eigenvalue weighted by Crippen LogP contribution is -2.41. The standard InChI is InChI=1S/C27H37N3O3/c31-27(29-26-11-2-18-14-19-16-21(15-18)25(26)17-19)20-3-5-22(6-4-20)32-23-7-9-24(10-8-23)33-30-13-1-12-28-30/h1,3-6,13,18-19,21,23-26,28H,2,7-12,14-17H2,(H,29,31). The summed E-state index contributed by atoms with van der Waals surface area (Å²) in [4.78, 5) is 18.9. The van der Waals surface area contributed by atoms with Gasteiger partial charge >= 0.3 is 0 Å². The third-order valence-corrected chi connectivity index (χ3v) is 8.78. The van der Waals surface area contributed by atoms with Gasteiger partial charge in [-0.2, -0.15) is 5.17 Å². The van der Waals surface area contributed by atoms with E-state index in [1.54, 1.807) is 5.17 Å². The molecule has 0 spiro atoms. The zero-order valence-electron chi connectivity index (χ0n) is 19.5. The average molecular weight is 452 g/mol. The molecular formula is C27H37N3O3. The minimum atomic E-state index is 0.0787. The molecule has 3 bridgehead atoms. The summed E-state index contributed by atoms with van der Waals surface area (Å²) in [5, 5.41) is 5.14. The average Bonchev–Trinajstić information content (AvgIpc) is 3.42. The number of carbonyl (C=O) groups excluding carboxylic acids is 1. The van der Waals surface area contributed by atoms with Crippen molar-refractivity contribution in [2.75, 3.05) is 6.54 Å². The van der Waals surface area contributed by atoms with Crippen LogP contribution in [0.2, 0.25) is 0 Å². The number of hydrazine groups is 1. The van der Waals surface area contributed by atoms with E-state index in [1.165, 1.54) is 32.1 Å². The molecule has 5 aliphatic rings. The molecule has 2 N–H and O–H groups in total. The summed E-state index contributed by atoms with van der Waals surface area (Å²) in [7, 11) is 0. The Morgan fingerprint density at radius 3 is 2.48 bits per heavy atom. The zero-order valence-corrected chi connectivity index (χ0v) is 19.5. The largest absolute Gasteiger partial charge is 0.490 e. The molecule has 0 saturated heterocycles. The second-order valence-corrected chi connectivity index (χ2v) is 11.0. The van der Waals surface area contributed by atoms with Crippen LogP contribution in [0.15, 0.2) is 36.5 Å². The normalized spacial score (nSPS) is 37.2. The third-order valence-electron chi connectivity index (χ3n) is 8.78. The highest BCUT2D eigenvalue weighted by atomic mass is 16.7. The molecule has 1 heterocycles. The van der Waals surface area contributed by atoms with Gasteiger partial charge < -0.3 is 10.1 Å². The van der Waals surface area contributed by atoms with Gasteiger partial charge in [0.05, 0.1) is 12.2 Å². The molecule has 1 amide bonds. The fourth-order valence-electron chi connectivity index (χ4n) is 7.23. The number of hydrogen-bond donors (Lipinski definition) is 2. The van der Waals surface area contributed by atoms with Gasteiger partial charge in [0.15, 0.2) is 0 Å². The SMILES string of the molecule is O=C(NC1CCC2CC3CC(C2)C1C3)c1ccc(OC2CCC(ON3C=CCN3)CC2)cc1. The zero-order chi connectivity index (χ0) is 22.2. The van der Waals surface area contributed by atoms with Crippen LogP contribution in [-0.4, -0.2) is 35.9 Å². The minimum absolute atomic E-state index is 0.0787. The number of hydrogen-bond acceptors (Lipinski definition) is 5. The van der Waals surface area contributed by atoms with E-state index in [0.29, 0.717) is 12.0 Å². The van der Waals surface area contributed by atoms with E-state index in [-0.39, 0.29) is 18.1 Å². The van der Waals surface area contributed by atoms with Crippen molar-refractivity contribution in [1.29, 1.82) is 0 Å². The van der Waals surface area contributed by atoms with Crippen LogP contribution in [0.4, 0.5) is 0 Å². The fourth-order valence-corrected chi connectivity index (χ4v) is 7.23. The number of nitrogens with zero attached hydrogens (tertiary/aromatic N) is 1. The molecule has 33 heavy (non-hydrogen) atoms. The Morgan fingerprint density at radius 2 is 1.70 bits per heavy atom. The lowest BCUT2D eigenvalue weighted by molar-refractivity contribution is -0.199. The van der Waals surface area contributed by atoms with Crippen molar-refractivity contribution < 1.29 is 14.4 Å². The highest BCUT2D eigenvalue weighted by molar-refractivity contribution is 5.94. The van der Waals surface area contributed by atoms with Gasteiger partial charge in [-0.3, -0.25) is 9.63 Å². The second kappa shape index (κ2) is 9.30. The van der Waals surface area contributed by atoms with Crippen molar-refractivity contribution in [3.63, 3.8) is 0 Å². The predicted octanol–water partition coefficient (Wildman–Crippen LogP) is 4.59. The molecule has 4 fully saturated rings. The second-order valence-electron chi connectivity index (χ2n) is 11.0. The van der Waals surface area contributed by atoms with Crippen molar-refractivity contribution in [3.8, 4) is 5.75 Å². The number of nitrogens with one attached hydrogen (secondary N) is 2. The Hall–Kier alpha value is -2.05. The van der Waals surface area contributed by atoms with Gasteiger partial charge in [0.2, 0.25) is 0 Å². The molecule has 0 aromatic heterocycles. The maximum absolute atomic E-state index is 13.0. The molecule has 4 aliphatic carbocycles. The summed E-state index contributed by atoms with van der Waals surface area (Å²) >= 11 is 0. The third kappa shape index (κ3) is 4.78. The molecule has 1 aromatic rings. The maximum Gasteiger partial charge on any atom is 0.251 e. The topological polar surface area (TPSA) is 62.8 Å². The fraction of sp³-hybridized carbons (Fsp3) is 0.667. The molecule has 4 saturated carbocycles. The van der Waals surface area contributed by atoms with Crippen LogP contribution in [0.3, 0.4) is 0 Å². The van der Waals surface area contributed by atoms with Crippen molar-refractivity contribution in [1.82, 2.24) is 15.9 Å². The lowest BCUT2D eigenvalue weighted by Gasteiger charge is -2.31. The van der Waals surface area contributed by atoms with Crippen LogP contribution in [0.25, 0.3) is 0 Å². The van der Waals surface area contributed by atoms with Crippen LogP contribution >= 0.6 is 0 Å². The number of benzene rings is 1. The number of rotatable bonds is 6. The number of ether oxygens (including phenoxy) is 1. The Labute approximate surface area is 197 Å². The van der Waals surface area contributed by atoms with Gasteiger partial charge in [0, 0.05) is 24.4 Å². The van der Waals surface area contributed by atoms with Crippen LogP contribution in [0, 0.1) is 23.7 Å². The Balaban J connectivity index is 0.990. The van der Waals surface area contributed by atoms with Crippen molar-refractivity contribution in [3.05, 3.63) is 42.1 Å². The molecule has 0 radical (unpaired) electrons. The quantitative estimate of drug-likeness (QED) is 0.663. The summed E-state index contributed by atoms with van der Waals surface area (Å²) in [5.74, 6) is 4.31. The number of amides is 1. The summed E-state index contributed by atoms with van der Waals surface area (Å²) in [6.07, 6.45) is 16.4. The molecule has 6 nitrogen and oxygen atoms in total. The molecule has 6 rings (SSSR count). The van der Waals surface area contributed by atoms with Crippen LogP contribution in [0.1, 0.15) is 74.6 Å². The monoisotopic (exact) mass is 451 g/mol. The van der Waals surface area contributed by atoms with Gasteiger partial charge in [-0.05, 0) is 118 Å². The Morgan fingerprint density at radius 1 is 0.909 bits per heavy atom. The van der Waals surface area contributed by atoms with Gasteiger partial charge in [0.25, 0.3) is 5.91 Å². The van der Waals surface area contributed by atoms with Gasteiger partial charge in [0.1, 0.15) is 5.75 Å². The van der Waals surface area contributed by atoms with E-state index in [0.717, 1.165) is 67.7 Å². The predicted molar refractivity (Wildman–Crippen MR) is 126 cm³/mol. The minimum Gasteiger partial charge on any atom is -0.490 e. The van der Waals surface area contributed by atoms with Crippen molar-refractivity contribution >= 4 is 5.91 Å². The summed E-state index contributed by atoms with van der Waals surface area (Å²) in [5.41, 5.74) is 3.89. The maximum atomic E-state index is 13.0. The Kier molecular flexibility index (Phi) is 6.05. The summed E-state index contributed by atoms with van der Waals surface area (Å²) < 4.78 is 6.22. The van der Waals surface area contributed by atoms with E-state index in [2.05, 4.69) is 10.7 Å². The molecule has 5 atom stereocenters.